The lowest BCUT2D eigenvalue weighted by atomic mass is 10.2. The molecule has 13 heavy (non-hydrogen) atoms. The highest BCUT2D eigenvalue weighted by Crippen LogP contribution is 2.34. The van der Waals surface area contributed by atoms with Crippen LogP contribution in [-0.4, -0.2) is 0 Å². The van der Waals surface area contributed by atoms with E-state index in [4.69, 9.17) is 23.2 Å². The van der Waals surface area contributed by atoms with Gasteiger partial charge in [-0.2, -0.15) is 0 Å². The molecule has 0 N–H and O–H groups in total. The van der Waals surface area contributed by atoms with E-state index < -0.39 is 0 Å². The average Bonchev–Trinajstić information content (AvgIpc) is 2.46. The summed E-state index contributed by atoms with van der Waals surface area (Å²) in [5.74, 6) is 0.455. The van der Waals surface area contributed by atoms with E-state index in [2.05, 4.69) is 21.3 Å². The Kier molecular flexibility index (Phi) is 2.84. The third kappa shape index (κ3) is 1.73. The summed E-state index contributed by atoms with van der Waals surface area (Å²) in [4.78, 5) is 0. The van der Waals surface area contributed by atoms with Crippen molar-refractivity contribution >= 4 is 60.6 Å². The molecule has 0 spiro atoms. The minimum absolute atomic E-state index is 0.455. The summed E-state index contributed by atoms with van der Waals surface area (Å²) in [6.07, 6.45) is 0. The first kappa shape index (κ1) is 9.78. The van der Waals surface area contributed by atoms with Gasteiger partial charge in [-0.15, -0.1) is 22.9 Å². The summed E-state index contributed by atoms with van der Waals surface area (Å²) in [6.45, 7) is 0. The smallest absolute Gasteiger partial charge is 0.0489 e. The third-order valence-corrected chi connectivity index (χ3v) is 4.38. The number of thiophene rings is 1. The van der Waals surface area contributed by atoms with E-state index in [1.54, 1.807) is 11.3 Å². The summed E-state index contributed by atoms with van der Waals surface area (Å²) in [5.41, 5.74) is 0.981. The van der Waals surface area contributed by atoms with Crippen LogP contribution < -0.4 is 0 Å². The molecule has 0 bridgehead atoms. The van der Waals surface area contributed by atoms with E-state index in [9.17, 15) is 0 Å². The fourth-order valence-electron chi connectivity index (χ4n) is 1.17. The highest BCUT2D eigenvalue weighted by Gasteiger charge is 2.06. The number of rotatable bonds is 1. The lowest BCUT2D eigenvalue weighted by Crippen LogP contribution is -1.79. The standard InChI is InChI=1S/C9H5BrCl2S/c10-7-4-13-9-2-8(12)5(3-11)1-6(7)9/h1-2,4H,3H2. The topological polar surface area (TPSA) is 0 Å². The molecule has 2 aromatic rings. The second kappa shape index (κ2) is 3.77. The van der Waals surface area contributed by atoms with Gasteiger partial charge in [-0.25, -0.2) is 0 Å². The quantitative estimate of drug-likeness (QED) is 0.645. The Balaban J connectivity index is 2.77. The maximum Gasteiger partial charge on any atom is 0.0489 e. The second-order valence-corrected chi connectivity index (χ2v) is 5.10. The molecule has 0 unspecified atom stereocenters. The van der Waals surface area contributed by atoms with Gasteiger partial charge in [0, 0.05) is 30.8 Å². The lowest BCUT2D eigenvalue weighted by molar-refractivity contribution is 1.43. The molecule has 1 aromatic heterocycles. The summed E-state index contributed by atoms with van der Waals surface area (Å²) >= 11 is 16.9. The molecule has 0 aliphatic heterocycles. The molecular weight excluding hydrogens is 291 g/mol. The van der Waals surface area contributed by atoms with Crippen molar-refractivity contribution in [1.29, 1.82) is 0 Å². The molecule has 1 aromatic carbocycles. The molecule has 0 nitrogen and oxygen atoms in total. The summed E-state index contributed by atoms with van der Waals surface area (Å²) in [7, 11) is 0. The predicted octanol–water partition coefficient (Wildman–Crippen LogP) is 5.06. The Morgan fingerprint density at radius 3 is 2.85 bits per heavy atom. The number of alkyl halides is 1. The number of benzene rings is 1. The van der Waals surface area contributed by atoms with E-state index in [1.165, 1.54) is 10.1 Å². The van der Waals surface area contributed by atoms with Crippen LogP contribution in [0.2, 0.25) is 5.02 Å². The molecule has 4 heteroatoms. The van der Waals surface area contributed by atoms with Gasteiger partial charge in [0.1, 0.15) is 0 Å². The normalized spacial score (nSPS) is 11.0. The second-order valence-electron chi connectivity index (χ2n) is 2.66. The Morgan fingerprint density at radius 2 is 2.15 bits per heavy atom. The number of halogens is 3. The van der Waals surface area contributed by atoms with Gasteiger partial charge in [-0.1, -0.05) is 11.6 Å². The van der Waals surface area contributed by atoms with Crippen LogP contribution >= 0.6 is 50.5 Å². The Morgan fingerprint density at radius 1 is 1.38 bits per heavy atom. The predicted molar refractivity (Wildman–Crippen MR) is 64.1 cm³/mol. The van der Waals surface area contributed by atoms with Gasteiger partial charge in [0.15, 0.2) is 0 Å². The van der Waals surface area contributed by atoms with Crippen LogP contribution in [0.15, 0.2) is 22.0 Å². The Hall–Kier alpha value is 0.240. The molecule has 0 saturated carbocycles. The van der Waals surface area contributed by atoms with Gasteiger partial charge in [0.25, 0.3) is 0 Å². The van der Waals surface area contributed by atoms with E-state index in [0.29, 0.717) is 5.88 Å². The molecule has 1 heterocycles. The zero-order valence-corrected chi connectivity index (χ0v) is 10.4. The van der Waals surface area contributed by atoms with E-state index in [1.807, 2.05) is 12.1 Å². The molecule has 0 fully saturated rings. The molecule has 0 saturated heterocycles. The Labute approximate surface area is 98.6 Å². The largest absolute Gasteiger partial charge is 0.143 e. The summed E-state index contributed by atoms with van der Waals surface area (Å²) < 4.78 is 2.29. The molecule has 0 radical (unpaired) electrons. The first-order valence-corrected chi connectivity index (χ1v) is 6.22. The first-order valence-electron chi connectivity index (χ1n) is 3.63. The molecule has 68 valence electrons. The lowest BCUT2D eigenvalue weighted by Gasteiger charge is -1.99. The van der Waals surface area contributed by atoms with Gasteiger partial charge in [-0.05, 0) is 33.6 Å². The zero-order chi connectivity index (χ0) is 9.42. The van der Waals surface area contributed by atoms with Gasteiger partial charge >= 0.3 is 0 Å². The zero-order valence-electron chi connectivity index (χ0n) is 6.48. The highest BCUT2D eigenvalue weighted by molar-refractivity contribution is 9.10. The average molecular weight is 296 g/mol. The van der Waals surface area contributed by atoms with Crippen LogP contribution in [0.5, 0.6) is 0 Å². The Bertz CT molecular complexity index is 450. The van der Waals surface area contributed by atoms with Crippen molar-refractivity contribution in [3.05, 3.63) is 32.6 Å². The van der Waals surface area contributed by atoms with Crippen molar-refractivity contribution in [2.24, 2.45) is 0 Å². The van der Waals surface area contributed by atoms with E-state index in [-0.39, 0.29) is 0 Å². The van der Waals surface area contributed by atoms with Crippen LogP contribution in [0.4, 0.5) is 0 Å². The maximum absolute atomic E-state index is 6.02. The molecule has 0 aliphatic rings. The van der Waals surface area contributed by atoms with E-state index in [0.717, 1.165) is 15.1 Å². The third-order valence-electron chi connectivity index (χ3n) is 1.84. The van der Waals surface area contributed by atoms with Crippen molar-refractivity contribution in [2.45, 2.75) is 5.88 Å². The fourth-order valence-corrected chi connectivity index (χ4v) is 3.33. The molecule has 0 amide bonds. The van der Waals surface area contributed by atoms with Crippen LogP contribution in [-0.2, 0) is 5.88 Å². The van der Waals surface area contributed by atoms with Crippen molar-refractivity contribution < 1.29 is 0 Å². The van der Waals surface area contributed by atoms with Gasteiger partial charge < -0.3 is 0 Å². The molecule has 0 atom stereocenters. The minimum Gasteiger partial charge on any atom is -0.143 e. The van der Waals surface area contributed by atoms with Crippen LogP contribution in [0, 0.1) is 0 Å². The van der Waals surface area contributed by atoms with Crippen LogP contribution in [0.1, 0.15) is 5.56 Å². The van der Waals surface area contributed by atoms with E-state index >= 15 is 0 Å². The monoisotopic (exact) mass is 294 g/mol. The molecular formula is C9H5BrCl2S. The van der Waals surface area contributed by atoms with Crippen molar-refractivity contribution in [1.82, 2.24) is 0 Å². The molecule has 2 rings (SSSR count). The number of fused-ring (bicyclic) bond motifs is 1. The van der Waals surface area contributed by atoms with Gasteiger partial charge in [0.2, 0.25) is 0 Å². The van der Waals surface area contributed by atoms with Gasteiger partial charge in [-0.3, -0.25) is 0 Å². The maximum atomic E-state index is 6.02. The fraction of sp³-hybridized carbons (Fsp3) is 0.111. The van der Waals surface area contributed by atoms with Gasteiger partial charge in [0.05, 0.1) is 0 Å². The summed E-state index contributed by atoms with van der Waals surface area (Å²) in [5, 5.41) is 3.99. The number of hydrogen-bond donors (Lipinski definition) is 0. The molecule has 0 aliphatic carbocycles. The first-order chi connectivity index (χ1) is 6.22. The van der Waals surface area contributed by atoms with Crippen LogP contribution in [0.3, 0.4) is 0 Å². The van der Waals surface area contributed by atoms with Crippen molar-refractivity contribution in [3.63, 3.8) is 0 Å². The summed E-state index contributed by atoms with van der Waals surface area (Å²) in [6, 6.07) is 4.00. The highest BCUT2D eigenvalue weighted by atomic mass is 79.9. The minimum atomic E-state index is 0.455. The van der Waals surface area contributed by atoms with Crippen molar-refractivity contribution in [3.8, 4) is 0 Å². The SMILES string of the molecule is ClCc1cc2c(Br)csc2cc1Cl. The number of hydrogen-bond acceptors (Lipinski definition) is 1. The van der Waals surface area contributed by atoms with Crippen molar-refractivity contribution in [2.75, 3.05) is 0 Å². The van der Waals surface area contributed by atoms with Crippen LogP contribution in [0.25, 0.3) is 10.1 Å².